The second kappa shape index (κ2) is 10.7. The molecule has 0 fully saturated rings. The normalized spacial score (nSPS) is 15.9. The van der Waals surface area contributed by atoms with Gasteiger partial charge in [-0.15, -0.1) is 0 Å². The van der Waals surface area contributed by atoms with Gasteiger partial charge in [0.2, 0.25) is 11.9 Å². The molecule has 40 heavy (non-hydrogen) atoms. The molecule has 0 saturated heterocycles. The highest BCUT2D eigenvalue weighted by atomic mass is 16.5. The molecule has 4 heterocycles. The molecule has 0 unspecified atom stereocenters. The molecule has 13 heteroatoms. The molecule has 0 radical (unpaired) electrons. The molecule has 208 valence electrons. The Morgan fingerprint density at radius 2 is 2.05 bits per heavy atom. The summed E-state index contributed by atoms with van der Waals surface area (Å²) < 4.78 is 14.8. The Balaban J connectivity index is 1.41. The topological polar surface area (TPSA) is 168 Å². The fourth-order valence-electron chi connectivity index (χ4n) is 4.76. The van der Waals surface area contributed by atoms with Gasteiger partial charge in [-0.25, -0.2) is 9.78 Å². The van der Waals surface area contributed by atoms with Crippen molar-refractivity contribution in [1.29, 1.82) is 0 Å². The van der Waals surface area contributed by atoms with Gasteiger partial charge in [-0.1, -0.05) is 6.07 Å². The van der Waals surface area contributed by atoms with Crippen LogP contribution in [-0.4, -0.2) is 55.4 Å². The van der Waals surface area contributed by atoms with Crippen LogP contribution < -0.4 is 21.1 Å². The van der Waals surface area contributed by atoms with Crippen LogP contribution in [0.4, 0.5) is 10.7 Å². The first-order valence-electron chi connectivity index (χ1n) is 12.8. The highest BCUT2D eigenvalue weighted by Crippen LogP contribution is 2.41. The van der Waals surface area contributed by atoms with Crippen LogP contribution in [0.5, 0.6) is 5.75 Å². The van der Waals surface area contributed by atoms with Crippen molar-refractivity contribution in [1.82, 2.24) is 29.6 Å². The molecule has 0 saturated carbocycles. The fourth-order valence-corrected chi connectivity index (χ4v) is 4.76. The molecular weight excluding hydrogens is 516 g/mol. The highest BCUT2D eigenvalue weighted by Gasteiger charge is 2.38. The zero-order valence-corrected chi connectivity index (χ0v) is 22.4. The zero-order chi connectivity index (χ0) is 28.4. The smallest absolute Gasteiger partial charge is 0.407 e. The monoisotopic (exact) mass is 546 g/mol. The molecule has 4 N–H and O–H groups in total. The lowest BCUT2D eigenvalue weighted by Gasteiger charge is -2.37. The number of nitrogens with one attached hydrogen (secondary N) is 2. The van der Waals surface area contributed by atoms with Crippen LogP contribution in [0, 0.1) is 6.92 Å². The van der Waals surface area contributed by atoms with E-state index in [9.17, 15) is 14.4 Å². The molecule has 1 aliphatic rings. The second-order valence-corrected chi connectivity index (χ2v) is 9.78. The number of carbonyl (C=O) groups is 3. The van der Waals surface area contributed by atoms with Crippen LogP contribution in [0.2, 0.25) is 0 Å². The average molecular weight is 547 g/mol. The van der Waals surface area contributed by atoms with Crippen molar-refractivity contribution < 1.29 is 23.9 Å². The zero-order valence-electron chi connectivity index (χ0n) is 22.4. The quantitative estimate of drug-likeness (QED) is 0.288. The van der Waals surface area contributed by atoms with Gasteiger partial charge in [0.25, 0.3) is 5.91 Å². The van der Waals surface area contributed by atoms with Crippen LogP contribution in [0.1, 0.15) is 52.5 Å². The third-order valence-electron chi connectivity index (χ3n) is 6.75. The molecule has 5 rings (SSSR count). The Bertz CT molecular complexity index is 1600. The minimum Gasteiger partial charge on any atom is -0.489 e. The summed E-state index contributed by atoms with van der Waals surface area (Å²) in [6.07, 6.45) is 1.47. The molecule has 0 bridgehead atoms. The molecule has 0 aliphatic carbocycles. The number of carbonyl (C=O) groups excluding carboxylic acids is 3. The third kappa shape index (κ3) is 5.17. The number of imidazole rings is 1. The number of amides is 3. The molecule has 1 atom stereocenters. The van der Waals surface area contributed by atoms with E-state index in [0.29, 0.717) is 46.8 Å². The summed E-state index contributed by atoms with van der Waals surface area (Å²) in [4.78, 5) is 46.4. The van der Waals surface area contributed by atoms with E-state index in [2.05, 4.69) is 25.7 Å². The van der Waals surface area contributed by atoms with E-state index in [-0.39, 0.29) is 37.2 Å². The summed E-state index contributed by atoms with van der Waals surface area (Å²) in [7, 11) is 0. The Hall–Kier alpha value is -4.94. The van der Waals surface area contributed by atoms with Crippen molar-refractivity contribution in [2.45, 2.75) is 45.9 Å². The molecule has 3 amide bonds. The Morgan fingerprint density at radius 1 is 1.23 bits per heavy atom. The molecule has 1 aliphatic heterocycles. The standard InChI is InChI=1S/C27H30N8O5/c1-4-34-20(11-16(2)33-34)24(37)32-25-31-19-12-17(23(28)36)13-21-22(19)35(25)27(3,15-40-21)8-10-30-26(38)39-14-18-7-5-6-9-29-18/h5-7,9,11-13H,4,8,10,14-15H2,1-3H3,(H2,28,36)(H,30,38)(H,31,32,37)/t27-/m0/s1. The van der Waals surface area contributed by atoms with Crippen molar-refractivity contribution in [2.75, 3.05) is 18.5 Å². The minimum absolute atomic E-state index is 0.0504. The van der Waals surface area contributed by atoms with Gasteiger partial charge >= 0.3 is 6.09 Å². The summed E-state index contributed by atoms with van der Waals surface area (Å²) in [5.74, 6) is -0.302. The number of pyridine rings is 1. The first-order chi connectivity index (χ1) is 19.2. The summed E-state index contributed by atoms with van der Waals surface area (Å²) in [6.45, 7) is 6.67. The van der Waals surface area contributed by atoms with Gasteiger partial charge in [-0.3, -0.25) is 29.1 Å². The maximum Gasteiger partial charge on any atom is 0.407 e. The number of nitrogens with zero attached hydrogens (tertiary/aromatic N) is 5. The number of nitrogens with two attached hydrogens (primary N) is 1. The van der Waals surface area contributed by atoms with Gasteiger partial charge in [-0.2, -0.15) is 5.10 Å². The number of alkyl carbamates (subject to hydrolysis) is 1. The first-order valence-corrected chi connectivity index (χ1v) is 12.8. The molecular formula is C27H30N8O5. The summed E-state index contributed by atoms with van der Waals surface area (Å²) in [5, 5.41) is 10.0. The Labute approximate surface area is 229 Å². The first kappa shape index (κ1) is 26.7. The lowest BCUT2D eigenvalue weighted by atomic mass is 9.96. The fraction of sp³-hybridized carbons (Fsp3) is 0.333. The number of rotatable bonds is 9. The minimum atomic E-state index is -0.728. The predicted octanol–water partition coefficient (Wildman–Crippen LogP) is 2.73. The predicted molar refractivity (Wildman–Crippen MR) is 145 cm³/mol. The number of ether oxygens (including phenoxy) is 2. The molecule has 1 aromatic carbocycles. The summed E-state index contributed by atoms with van der Waals surface area (Å²) in [5.41, 5.74) is 7.83. The number of aromatic nitrogens is 5. The number of aryl methyl sites for hydroxylation is 2. The van der Waals surface area contributed by atoms with Crippen molar-refractivity contribution in [3.05, 3.63) is 65.2 Å². The van der Waals surface area contributed by atoms with E-state index in [0.717, 1.165) is 0 Å². The third-order valence-corrected chi connectivity index (χ3v) is 6.75. The summed E-state index contributed by atoms with van der Waals surface area (Å²) in [6, 6.07) is 10.2. The molecule has 0 spiro atoms. The average Bonchev–Trinajstić information content (AvgIpc) is 3.51. The van der Waals surface area contributed by atoms with Crippen LogP contribution in [0.3, 0.4) is 0 Å². The van der Waals surface area contributed by atoms with Crippen molar-refractivity contribution in [3.63, 3.8) is 0 Å². The van der Waals surface area contributed by atoms with E-state index in [1.807, 2.05) is 31.4 Å². The largest absolute Gasteiger partial charge is 0.489 e. The number of primary amides is 1. The van der Waals surface area contributed by atoms with Crippen LogP contribution in [-0.2, 0) is 23.4 Å². The van der Waals surface area contributed by atoms with Crippen LogP contribution in [0.15, 0.2) is 42.6 Å². The number of hydrogen-bond acceptors (Lipinski definition) is 8. The van der Waals surface area contributed by atoms with Gasteiger partial charge in [-0.05, 0) is 57.5 Å². The number of benzene rings is 1. The van der Waals surface area contributed by atoms with Gasteiger partial charge in [0.15, 0.2) is 0 Å². The SMILES string of the molecule is CCn1nc(C)cc1C(=O)Nc1nc2cc(C(N)=O)cc3c2n1[C@@](C)(CCNC(=O)OCc1ccccn1)CO3. The van der Waals surface area contributed by atoms with E-state index in [4.69, 9.17) is 15.2 Å². The van der Waals surface area contributed by atoms with E-state index >= 15 is 0 Å². The number of anilines is 1. The molecule has 4 aromatic rings. The van der Waals surface area contributed by atoms with Gasteiger partial charge in [0.1, 0.15) is 30.2 Å². The molecule has 3 aromatic heterocycles. The highest BCUT2D eigenvalue weighted by molar-refractivity contribution is 6.04. The van der Waals surface area contributed by atoms with Gasteiger partial charge < -0.3 is 20.5 Å². The van der Waals surface area contributed by atoms with E-state index in [1.54, 1.807) is 41.2 Å². The van der Waals surface area contributed by atoms with Crippen molar-refractivity contribution in [3.8, 4) is 5.75 Å². The van der Waals surface area contributed by atoms with Crippen molar-refractivity contribution >= 4 is 34.9 Å². The summed E-state index contributed by atoms with van der Waals surface area (Å²) >= 11 is 0. The Morgan fingerprint density at radius 3 is 2.77 bits per heavy atom. The van der Waals surface area contributed by atoms with E-state index < -0.39 is 17.5 Å². The van der Waals surface area contributed by atoms with Gasteiger partial charge in [0, 0.05) is 24.8 Å². The van der Waals surface area contributed by atoms with Gasteiger partial charge in [0.05, 0.1) is 22.4 Å². The van der Waals surface area contributed by atoms with Crippen LogP contribution in [0.25, 0.3) is 11.0 Å². The molecule has 13 nitrogen and oxygen atoms in total. The van der Waals surface area contributed by atoms with Crippen LogP contribution >= 0.6 is 0 Å². The Kier molecular flexibility index (Phi) is 7.11. The maximum atomic E-state index is 13.3. The van der Waals surface area contributed by atoms with Crippen molar-refractivity contribution in [2.24, 2.45) is 5.73 Å². The number of hydrogen-bond donors (Lipinski definition) is 3. The van der Waals surface area contributed by atoms with E-state index in [1.165, 1.54) is 0 Å². The lowest BCUT2D eigenvalue weighted by molar-refractivity contribution is 0.0995. The lowest BCUT2D eigenvalue weighted by Crippen LogP contribution is -2.43. The maximum absolute atomic E-state index is 13.3. The second-order valence-electron chi connectivity index (χ2n) is 9.78.